The van der Waals surface area contributed by atoms with Gasteiger partial charge in [-0.15, -0.1) is 0 Å². The van der Waals surface area contributed by atoms with Crippen LogP contribution in [0, 0.1) is 22.8 Å². The van der Waals surface area contributed by atoms with Crippen molar-refractivity contribution in [3.63, 3.8) is 0 Å². The molecule has 0 saturated carbocycles. The summed E-state index contributed by atoms with van der Waals surface area (Å²) in [7, 11) is 0. The minimum Gasteiger partial charge on any atom is -0.846 e. The van der Waals surface area contributed by atoms with Crippen LogP contribution in [0.2, 0.25) is 0 Å². The molecule has 3 N–H and O–H groups in total. The predicted octanol–water partition coefficient (Wildman–Crippen LogP) is -3.38. The summed E-state index contributed by atoms with van der Waals surface area (Å²) in [6.07, 6.45) is 3.27. The second-order valence-electron chi connectivity index (χ2n) is 4.32. The van der Waals surface area contributed by atoms with Gasteiger partial charge >= 0.3 is 29.6 Å². The van der Waals surface area contributed by atoms with E-state index in [1.807, 2.05) is 13.8 Å². The van der Waals surface area contributed by atoms with Crippen LogP contribution < -0.4 is 45.7 Å². The Labute approximate surface area is 140 Å². The maximum absolute atomic E-state index is 11.9. The molecule has 0 aromatic carbocycles. The zero-order chi connectivity index (χ0) is 15.1. The fourth-order valence-corrected chi connectivity index (χ4v) is 2.30. The molecular weight excluding hydrogens is 271 g/mol. The number of nitrogens with two attached hydrogens (primary N) is 1. The number of nitriles is 1. The SMILES string of the molecule is CCCC(C)C1(CC)C(=O)N=C([O-])NC1=O.N#CN.[Na+]. The van der Waals surface area contributed by atoms with Gasteiger partial charge in [0.25, 0.3) is 5.91 Å². The summed E-state index contributed by atoms with van der Waals surface area (Å²) in [6, 6.07) is -0.845. The number of nitrogens with zero attached hydrogens (tertiary/aromatic N) is 2. The molecule has 2 atom stereocenters. The molecule has 0 aliphatic carbocycles. The summed E-state index contributed by atoms with van der Waals surface area (Å²) in [5.41, 5.74) is 3.00. The van der Waals surface area contributed by atoms with E-state index >= 15 is 0 Å². The standard InChI is InChI=1S/C11H18N2O3.CH2N2.Na/c1-4-6-7(3)11(5-2)8(14)12-10(16)13-9(11)15;2-1-3;/h7H,4-6H2,1-3H3,(H2,12,13,14,15,16);2H2;/q;;+1/p-1. The molecule has 1 rings (SSSR count). The second-order valence-corrected chi connectivity index (χ2v) is 4.32. The average molecular weight is 290 g/mol. The molecule has 0 aromatic rings. The first-order valence-corrected chi connectivity index (χ1v) is 6.11. The molecule has 0 fully saturated rings. The number of hydrogen-bond acceptors (Lipinski definition) is 5. The van der Waals surface area contributed by atoms with Gasteiger partial charge in [-0.1, -0.05) is 27.2 Å². The summed E-state index contributed by atoms with van der Waals surface area (Å²) in [5, 5.41) is 20.2. The van der Waals surface area contributed by atoms with Gasteiger partial charge in [-0.05, 0) is 18.8 Å². The van der Waals surface area contributed by atoms with Gasteiger partial charge in [0.05, 0.1) is 6.02 Å². The Morgan fingerprint density at radius 3 is 2.35 bits per heavy atom. The van der Waals surface area contributed by atoms with Gasteiger partial charge in [0.15, 0.2) is 6.19 Å². The summed E-state index contributed by atoms with van der Waals surface area (Å²) in [5.74, 6) is -1.20. The van der Waals surface area contributed by atoms with Crippen LogP contribution in [0.3, 0.4) is 0 Å². The fraction of sp³-hybridized carbons (Fsp3) is 0.667. The number of amidine groups is 1. The first-order chi connectivity index (χ1) is 8.90. The Balaban J connectivity index is 0. The van der Waals surface area contributed by atoms with E-state index in [0.29, 0.717) is 6.42 Å². The zero-order valence-electron chi connectivity index (χ0n) is 12.4. The van der Waals surface area contributed by atoms with Crippen LogP contribution in [-0.4, -0.2) is 17.8 Å². The Bertz CT molecular complexity index is 419. The van der Waals surface area contributed by atoms with Crippen LogP contribution in [0.5, 0.6) is 0 Å². The molecule has 1 aliphatic rings. The molecule has 1 heterocycles. The maximum Gasteiger partial charge on any atom is 1.00 e. The van der Waals surface area contributed by atoms with E-state index in [4.69, 9.17) is 5.26 Å². The number of carbonyl (C=O) groups excluding carboxylic acids is 2. The van der Waals surface area contributed by atoms with Crippen LogP contribution in [-0.2, 0) is 9.59 Å². The van der Waals surface area contributed by atoms with Crippen molar-refractivity contribution in [2.75, 3.05) is 0 Å². The molecule has 0 radical (unpaired) electrons. The van der Waals surface area contributed by atoms with Crippen molar-refractivity contribution < 1.29 is 44.3 Å². The van der Waals surface area contributed by atoms with Crippen molar-refractivity contribution in [3.05, 3.63) is 0 Å². The molecule has 2 unspecified atom stereocenters. The quantitative estimate of drug-likeness (QED) is 0.241. The molecule has 2 amide bonds. The van der Waals surface area contributed by atoms with E-state index in [1.165, 1.54) is 6.19 Å². The molecule has 0 aromatic heterocycles. The molecule has 0 bridgehead atoms. The van der Waals surface area contributed by atoms with Crippen molar-refractivity contribution in [2.24, 2.45) is 22.1 Å². The normalized spacial score (nSPS) is 22.2. The first-order valence-electron chi connectivity index (χ1n) is 6.11. The van der Waals surface area contributed by atoms with Crippen molar-refractivity contribution in [1.82, 2.24) is 5.32 Å². The van der Waals surface area contributed by atoms with Crippen LogP contribution in [0.15, 0.2) is 4.99 Å². The Kier molecular flexibility index (Phi) is 10.3. The van der Waals surface area contributed by atoms with E-state index in [9.17, 15) is 14.7 Å². The molecule has 106 valence electrons. The van der Waals surface area contributed by atoms with Crippen LogP contribution >= 0.6 is 0 Å². The van der Waals surface area contributed by atoms with E-state index in [-0.39, 0.29) is 35.5 Å². The third-order valence-electron chi connectivity index (χ3n) is 3.33. The summed E-state index contributed by atoms with van der Waals surface area (Å²) in [4.78, 5) is 27.1. The largest absolute Gasteiger partial charge is 1.00 e. The van der Waals surface area contributed by atoms with E-state index in [0.717, 1.165) is 12.8 Å². The fourth-order valence-electron chi connectivity index (χ4n) is 2.30. The van der Waals surface area contributed by atoms with Gasteiger partial charge in [-0.25, -0.2) is 4.99 Å². The number of amides is 2. The topological polar surface area (TPSA) is 131 Å². The maximum atomic E-state index is 11.9. The minimum atomic E-state index is -1.15. The zero-order valence-corrected chi connectivity index (χ0v) is 14.4. The van der Waals surface area contributed by atoms with Gasteiger partial charge in [0, 0.05) is 0 Å². The van der Waals surface area contributed by atoms with Crippen molar-refractivity contribution in [1.29, 1.82) is 5.26 Å². The van der Waals surface area contributed by atoms with Crippen LogP contribution in [0.4, 0.5) is 0 Å². The van der Waals surface area contributed by atoms with Crippen molar-refractivity contribution >= 4 is 17.8 Å². The van der Waals surface area contributed by atoms with Gasteiger partial charge in [0.2, 0.25) is 5.91 Å². The average Bonchev–Trinajstić information content (AvgIpc) is 2.30. The van der Waals surface area contributed by atoms with E-state index < -0.39 is 23.3 Å². The van der Waals surface area contributed by atoms with Gasteiger partial charge in [-0.3, -0.25) is 9.59 Å². The van der Waals surface area contributed by atoms with Crippen LogP contribution in [0.25, 0.3) is 0 Å². The number of hydrogen-bond donors (Lipinski definition) is 2. The first kappa shape index (κ1) is 21.2. The van der Waals surface area contributed by atoms with Crippen molar-refractivity contribution in [2.45, 2.75) is 40.0 Å². The van der Waals surface area contributed by atoms with E-state index in [1.54, 1.807) is 6.92 Å². The molecular formula is C12H19N4NaO3. The number of nitrogens with one attached hydrogen (secondary N) is 1. The molecule has 1 aliphatic heterocycles. The Morgan fingerprint density at radius 1 is 1.50 bits per heavy atom. The second kappa shape index (κ2) is 9.75. The Hall–Kier alpha value is -1.10. The van der Waals surface area contributed by atoms with Gasteiger partial charge < -0.3 is 16.2 Å². The van der Waals surface area contributed by atoms with Crippen LogP contribution in [0.1, 0.15) is 40.0 Å². The predicted molar refractivity (Wildman–Crippen MR) is 67.2 cm³/mol. The smallest absolute Gasteiger partial charge is 0.846 e. The van der Waals surface area contributed by atoms with Gasteiger partial charge in [-0.2, -0.15) is 5.26 Å². The van der Waals surface area contributed by atoms with Crippen molar-refractivity contribution in [3.8, 4) is 6.19 Å². The summed E-state index contributed by atoms with van der Waals surface area (Å²) in [6.45, 7) is 5.62. The molecule has 7 nitrogen and oxygen atoms in total. The molecule has 0 saturated heterocycles. The monoisotopic (exact) mass is 290 g/mol. The molecule has 8 heteroatoms. The Morgan fingerprint density at radius 2 is 2.00 bits per heavy atom. The molecule has 20 heavy (non-hydrogen) atoms. The summed E-state index contributed by atoms with van der Waals surface area (Å²) >= 11 is 0. The van der Waals surface area contributed by atoms with Gasteiger partial charge in [0.1, 0.15) is 5.41 Å². The number of carbonyl (C=O) groups is 2. The van der Waals surface area contributed by atoms with E-state index in [2.05, 4.69) is 16.0 Å². The minimum absolute atomic E-state index is 0. The summed E-state index contributed by atoms with van der Waals surface area (Å²) < 4.78 is 0. The number of aliphatic imine (C=N–C) groups is 1. The third-order valence-corrected chi connectivity index (χ3v) is 3.33. The number of rotatable bonds is 4. The third kappa shape index (κ3) is 4.47. The molecule has 0 spiro atoms.